The van der Waals surface area contributed by atoms with Crippen LogP contribution in [0.25, 0.3) is 0 Å². The molecule has 0 saturated carbocycles. The molecular weight excluding hydrogens is 156 g/mol. The second-order valence-electron chi connectivity index (χ2n) is 2.38. The standard InChI is InChI=1S/C9H10OS/c1-7-5-6-11-9(7)4-3-8(2)10/h5-6,8,10H,1-2H3/t8-/m0/s1. The zero-order valence-electron chi connectivity index (χ0n) is 6.59. The van der Waals surface area contributed by atoms with E-state index in [-0.39, 0.29) is 0 Å². The van der Waals surface area contributed by atoms with Gasteiger partial charge in [-0.05, 0) is 30.9 Å². The van der Waals surface area contributed by atoms with Crippen molar-refractivity contribution >= 4 is 11.3 Å². The van der Waals surface area contributed by atoms with Crippen molar-refractivity contribution in [2.45, 2.75) is 20.0 Å². The molecule has 0 aromatic carbocycles. The molecule has 0 saturated heterocycles. The Balaban J connectivity index is 2.81. The zero-order valence-corrected chi connectivity index (χ0v) is 7.40. The van der Waals surface area contributed by atoms with Gasteiger partial charge in [0.1, 0.15) is 6.10 Å². The molecule has 1 aromatic heterocycles. The van der Waals surface area contributed by atoms with Crippen molar-refractivity contribution in [1.82, 2.24) is 0 Å². The van der Waals surface area contributed by atoms with Gasteiger partial charge in [0, 0.05) is 0 Å². The Hall–Kier alpha value is -0.780. The maximum Gasteiger partial charge on any atom is 0.112 e. The lowest BCUT2D eigenvalue weighted by Crippen LogP contribution is -1.92. The van der Waals surface area contributed by atoms with E-state index in [1.165, 1.54) is 5.56 Å². The first-order valence-electron chi connectivity index (χ1n) is 3.44. The molecule has 1 atom stereocenters. The predicted molar refractivity (Wildman–Crippen MR) is 47.6 cm³/mol. The minimum atomic E-state index is -0.531. The first-order valence-corrected chi connectivity index (χ1v) is 4.32. The summed E-state index contributed by atoms with van der Waals surface area (Å²) in [5.74, 6) is 5.62. The monoisotopic (exact) mass is 166 g/mol. The van der Waals surface area contributed by atoms with Crippen LogP contribution in [0.4, 0.5) is 0 Å². The van der Waals surface area contributed by atoms with Gasteiger partial charge in [0.25, 0.3) is 0 Å². The van der Waals surface area contributed by atoms with Crippen molar-refractivity contribution in [3.63, 3.8) is 0 Å². The third-order valence-electron chi connectivity index (χ3n) is 1.26. The van der Waals surface area contributed by atoms with Gasteiger partial charge in [0.15, 0.2) is 0 Å². The van der Waals surface area contributed by atoms with E-state index in [1.807, 2.05) is 18.4 Å². The van der Waals surface area contributed by atoms with Crippen molar-refractivity contribution in [1.29, 1.82) is 0 Å². The molecule has 1 N–H and O–H groups in total. The second kappa shape index (κ2) is 3.56. The molecule has 0 bridgehead atoms. The molecular formula is C9H10OS. The average molecular weight is 166 g/mol. The fourth-order valence-electron chi connectivity index (χ4n) is 0.671. The number of thiophene rings is 1. The van der Waals surface area contributed by atoms with Crippen molar-refractivity contribution in [2.24, 2.45) is 0 Å². The Morgan fingerprint density at radius 2 is 2.36 bits per heavy atom. The van der Waals surface area contributed by atoms with Crippen LogP contribution in [0, 0.1) is 18.8 Å². The third-order valence-corrected chi connectivity index (χ3v) is 2.19. The molecule has 0 aliphatic carbocycles. The quantitative estimate of drug-likeness (QED) is 0.582. The summed E-state index contributed by atoms with van der Waals surface area (Å²) >= 11 is 1.61. The van der Waals surface area contributed by atoms with Gasteiger partial charge in [-0.2, -0.15) is 0 Å². The Kier molecular flexibility index (Phi) is 2.70. The van der Waals surface area contributed by atoms with E-state index in [2.05, 4.69) is 11.8 Å². The fourth-order valence-corrected chi connectivity index (χ4v) is 1.45. The van der Waals surface area contributed by atoms with E-state index in [1.54, 1.807) is 18.3 Å². The minimum absolute atomic E-state index is 0.531. The van der Waals surface area contributed by atoms with Gasteiger partial charge < -0.3 is 5.11 Å². The van der Waals surface area contributed by atoms with E-state index < -0.39 is 6.10 Å². The normalized spacial score (nSPS) is 11.9. The Morgan fingerprint density at radius 3 is 2.82 bits per heavy atom. The molecule has 1 aromatic rings. The molecule has 11 heavy (non-hydrogen) atoms. The second-order valence-corrected chi connectivity index (χ2v) is 3.29. The summed E-state index contributed by atoms with van der Waals surface area (Å²) in [5, 5.41) is 10.9. The highest BCUT2D eigenvalue weighted by Gasteiger charge is 1.93. The molecule has 1 nitrogen and oxygen atoms in total. The molecule has 0 spiro atoms. The van der Waals surface area contributed by atoms with Crippen LogP contribution >= 0.6 is 11.3 Å². The number of aliphatic hydroxyl groups excluding tert-OH is 1. The van der Waals surface area contributed by atoms with Gasteiger partial charge in [-0.1, -0.05) is 11.8 Å². The third kappa shape index (κ3) is 2.38. The Labute approximate surface area is 70.7 Å². The first kappa shape index (κ1) is 8.32. The maximum absolute atomic E-state index is 8.87. The predicted octanol–water partition coefficient (Wildman–Crippen LogP) is 1.79. The van der Waals surface area contributed by atoms with E-state index in [9.17, 15) is 0 Å². The largest absolute Gasteiger partial charge is 0.381 e. The van der Waals surface area contributed by atoms with Crippen LogP contribution in [0.2, 0.25) is 0 Å². The van der Waals surface area contributed by atoms with Crippen molar-refractivity contribution in [3.8, 4) is 11.8 Å². The highest BCUT2D eigenvalue weighted by Crippen LogP contribution is 2.13. The number of aliphatic hydroxyl groups is 1. The summed E-state index contributed by atoms with van der Waals surface area (Å²) in [5.41, 5.74) is 1.18. The zero-order chi connectivity index (χ0) is 8.27. The van der Waals surface area contributed by atoms with Gasteiger partial charge in [0.2, 0.25) is 0 Å². The number of aryl methyl sites for hydroxylation is 1. The maximum atomic E-state index is 8.87. The Morgan fingerprint density at radius 1 is 1.64 bits per heavy atom. The van der Waals surface area contributed by atoms with Crippen LogP contribution in [-0.2, 0) is 0 Å². The van der Waals surface area contributed by atoms with Crippen molar-refractivity contribution in [3.05, 3.63) is 21.9 Å². The molecule has 0 radical (unpaired) electrons. The summed E-state index contributed by atoms with van der Waals surface area (Å²) in [6.07, 6.45) is -0.531. The molecule has 0 unspecified atom stereocenters. The smallest absolute Gasteiger partial charge is 0.112 e. The van der Waals surface area contributed by atoms with Gasteiger partial charge >= 0.3 is 0 Å². The molecule has 0 fully saturated rings. The van der Waals surface area contributed by atoms with E-state index in [0.29, 0.717) is 0 Å². The SMILES string of the molecule is Cc1ccsc1C#C[C@H](C)O. The number of rotatable bonds is 0. The number of hydrogen-bond donors (Lipinski definition) is 1. The summed E-state index contributed by atoms with van der Waals surface area (Å²) in [4.78, 5) is 1.05. The molecule has 1 heterocycles. The van der Waals surface area contributed by atoms with E-state index in [4.69, 9.17) is 5.11 Å². The highest BCUT2D eigenvalue weighted by atomic mass is 32.1. The van der Waals surface area contributed by atoms with E-state index >= 15 is 0 Å². The minimum Gasteiger partial charge on any atom is -0.381 e. The van der Waals surface area contributed by atoms with Crippen LogP contribution < -0.4 is 0 Å². The highest BCUT2D eigenvalue weighted by molar-refractivity contribution is 7.10. The van der Waals surface area contributed by atoms with Crippen LogP contribution in [0.1, 0.15) is 17.4 Å². The van der Waals surface area contributed by atoms with Crippen LogP contribution in [0.5, 0.6) is 0 Å². The number of hydrogen-bond acceptors (Lipinski definition) is 2. The molecule has 0 aliphatic heterocycles. The first-order chi connectivity index (χ1) is 5.20. The van der Waals surface area contributed by atoms with Crippen LogP contribution in [-0.4, -0.2) is 11.2 Å². The lowest BCUT2D eigenvalue weighted by molar-refractivity contribution is 0.253. The summed E-state index contributed by atoms with van der Waals surface area (Å²) < 4.78 is 0. The summed E-state index contributed by atoms with van der Waals surface area (Å²) in [6.45, 7) is 3.68. The Bertz CT molecular complexity index is 288. The lowest BCUT2D eigenvalue weighted by Gasteiger charge is -1.87. The fraction of sp³-hybridized carbons (Fsp3) is 0.333. The van der Waals surface area contributed by atoms with Gasteiger partial charge in [0.05, 0.1) is 4.88 Å². The van der Waals surface area contributed by atoms with Gasteiger partial charge in [-0.25, -0.2) is 0 Å². The molecule has 58 valence electrons. The molecule has 1 rings (SSSR count). The van der Waals surface area contributed by atoms with Gasteiger partial charge in [-0.15, -0.1) is 11.3 Å². The molecule has 2 heteroatoms. The lowest BCUT2D eigenvalue weighted by atomic mass is 10.3. The molecule has 0 amide bonds. The van der Waals surface area contributed by atoms with Crippen molar-refractivity contribution in [2.75, 3.05) is 0 Å². The van der Waals surface area contributed by atoms with Crippen molar-refractivity contribution < 1.29 is 5.11 Å². The van der Waals surface area contributed by atoms with Gasteiger partial charge in [-0.3, -0.25) is 0 Å². The van der Waals surface area contributed by atoms with E-state index in [0.717, 1.165) is 4.88 Å². The van der Waals surface area contributed by atoms with Crippen LogP contribution in [0.3, 0.4) is 0 Å². The summed E-state index contributed by atoms with van der Waals surface area (Å²) in [7, 11) is 0. The average Bonchev–Trinajstić information content (AvgIpc) is 2.31. The summed E-state index contributed by atoms with van der Waals surface area (Å²) in [6, 6.07) is 2.02. The van der Waals surface area contributed by atoms with Crippen LogP contribution in [0.15, 0.2) is 11.4 Å². The molecule has 0 aliphatic rings. The topological polar surface area (TPSA) is 20.2 Å².